The molecule has 246 valence electrons. The molecule has 1 saturated heterocycles. The number of ether oxygens (including phenoxy) is 3. The standard InChI is InChI=1S/C37H40Cl2N4O4/c1-22(2)47-36(44)26-16-37(17-26)20-43(21-37)19-25-10-9-23(15-31(25)45-4)34-33(39)28(13-14-41-34)27-7-6-8-29(32(27)38)30-12-11-24(18-40-3)35(42-30)46-5/h6-15,22,26,40H,16-21H2,1-5H3. The molecule has 6 rings (SSSR count). The van der Waals surface area contributed by atoms with E-state index >= 15 is 0 Å². The molecule has 8 nitrogen and oxygen atoms in total. The van der Waals surface area contributed by atoms with Crippen molar-refractivity contribution < 1.29 is 19.0 Å². The summed E-state index contributed by atoms with van der Waals surface area (Å²) in [5.41, 5.74) is 6.81. The van der Waals surface area contributed by atoms with Crippen LogP contribution in [0.3, 0.4) is 0 Å². The molecule has 3 heterocycles. The molecule has 1 saturated carbocycles. The molecule has 1 N–H and O–H groups in total. The number of rotatable bonds is 11. The first kappa shape index (κ1) is 33.2. The van der Waals surface area contributed by atoms with Crippen molar-refractivity contribution in [1.82, 2.24) is 20.2 Å². The van der Waals surface area contributed by atoms with E-state index in [1.165, 1.54) is 0 Å². The Balaban J connectivity index is 1.20. The van der Waals surface area contributed by atoms with Gasteiger partial charge in [0.1, 0.15) is 5.75 Å². The van der Waals surface area contributed by atoms with Gasteiger partial charge in [0.05, 0.1) is 47.7 Å². The van der Waals surface area contributed by atoms with E-state index in [4.69, 9.17) is 42.4 Å². The predicted octanol–water partition coefficient (Wildman–Crippen LogP) is 7.68. The van der Waals surface area contributed by atoms with Crippen LogP contribution in [0.5, 0.6) is 11.6 Å². The summed E-state index contributed by atoms with van der Waals surface area (Å²) in [7, 11) is 5.18. The van der Waals surface area contributed by atoms with Crippen molar-refractivity contribution in [3.8, 4) is 45.3 Å². The van der Waals surface area contributed by atoms with E-state index in [0.717, 1.165) is 71.6 Å². The number of aromatic nitrogens is 2. The maximum absolute atomic E-state index is 12.3. The van der Waals surface area contributed by atoms with Gasteiger partial charge in [-0.15, -0.1) is 0 Å². The lowest BCUT2D eigenvalue weighted by atomic mass is 9.57. The van der Waals surface area contributed by atoms with Gasteiger partial charge in [-0.1, -0.05) is 59.6 Å². The average Bonchev–Trinajstić information content (AvgIpc) is 3.02. The first-order valence-corrected chi connectivity index (χ1v) is 16.6. The predicted molar refractivity (Wildman–Crippen MR) is 186 cm³/mol. The fraction of sp³-hybridized carbons (Fsp3) is 0.378. The zero-order valence-electron chi connectivity index (χ0n) is 27.4. The van der Waals surface area contributed by atoms with Crippen molar-refractivity contribution in [3.05, 3.63) is 82.0 Å². The van der Waals surface area contributed by atoms with Gasteiger partial charge in [-0.25, -0.2) is 4.98 Å². The lowest BCUT2D eigenvalue weighted by Gasteiger charge is -2.58. The van der Waals surface area contributed by atoms with Gasteiger partial charge in [0, 0.05) is 65.8 Å². The van der Waals surface area contributed by atoms with Gasteiger partial charge in [0.15, 0.2) is 0 Å². The summed E-state index contributed by atoms with van der Waals surface area (Å²) in [4.78, 5) is 24.0. The third kappa shape index (κ3) is 6.70. The van der Waals surface area contributed by atoms with Crippen molar-refractivity contribution in [1.29, 1.82) is 0 Å². The summed E-state index contributed by atoms with van der Waals surface area (Å²) in [6.07, 6.45) is 3.50. The van der Waals surface area contributed by atoms with Crippen LogP contribution in [-0.2, 0) is 22.6 Å². The molecule has 0 unspecified atom stereocenters. The highest BCUT2D eigenvalue weighted by molar-refractivity contribution is 6.39. The van der Waals surface area contributed by atoms with Crippen LogP contribution in [0.15, 0.2) is 60.8 Å². The van der Waals surface area contributed by atoms with Crippen molar-refractivity contribution in [2.75, 3.05) is 34.4 Å². The second kappa shape index (κ2) is 13.8. The van der Waals surface area contributed by atoms with Crippen molar-refractivity contribution >= 4 is 29.2 Å². The Morgan fingerprint density at radius 1 is 0.979 bits per heavy atom. The Bertz CT molecular complexity index is 1780. The van der Waals surface area contributed by atoms with E-state index in [1.54, 1.807) is 20.4 Å². The molecular formula is C37H40Cl2N4O4. The van der Waals surface area contributed by atoms with E-state index in [0.29, 0.717) is 33.9 Å². The molecule has 2 fully saturated rings. The van der Waals surface area contributed by atoms with E-state index in [9.17, 15) is 4.79 Å². The van der Waals surface area contributed by atoms with Crippen molar-refractivity contribution in [2.45, 2.75) is 45.9 Å². The van der Waals surface area contributed by atoms with E-state index in [-0.39, 0.29) is 23.4 Å². The highest BCUT2D eigenvalue weighted by Gasteiger charge is 2.54. The first-order chi connectivity index (χ1) is 22.6. The number of nitrogens with one attached hydrogen (secondary N) is 1. The molecule has 1 aliphatic heterocycles. The lowest BCUT2D eigenvalue weighted by molar-refractivity contribution is -0.171. The van der Waals surface area contributed by atoms with Crippen molar-refractivity contribution in [3.63, 3.8) is 0 Å². The highest BCUT2D eigenvalue weighted by Crippen LogP contribution is 2.53. The lowest BCUT2D eigenvalue weighted by Crippen LogP contribution is -2.62. The molecule has 4 aromatic rings. The molecule has 2 aliphatic rings. The van der Waals surface area contributed by atoms with E-state index in [1.807, 2.05) is 69.4 Å². The summed E-state index contributed by atoms with van der Waals surface area (Å²) >= 11 is 14.1. The fourth-order valence-corrected chi connectivity index (χ4v) is 7.58. The molecule has 47 heavy (non-hydrogen) atoms. The molecule has 1 aliphatic carbocycles. The number of esters is 1. The van der Waals surface area contributed by atoms with E-state index < -0.39 is 0 Å². The minimum Gasteiger partial charge on any atom is -0.496 e. The van der Waals surface area contributed by atoms with Crippen LogP contribution in [0.4, 0.5) is 0 Å². The maximum atomic E-state index is 12.3. The highest BCUT2D eigenvalue weighted by atomic mass is 35.5. The van der Waals surface area contributed by atoms with Gasteiger partial charge in [-0.05, 0) is 57.4 Å². The Labute approximate surface area is 286 Å². The number of hydrogen-bond donors (Lipinski definition) is 1. The third-order valence-electron chi connectivity index (χ3n) is 9.07. The SMILES string of the molecule is CNCc1ccc(-c2cccc(-c3ccnc(-c4ccc(CN5CC6(CC(C(=O)OC(C)C)C6)C5)c(OC)c4)c3Cl)c2Cl)nc1OC. The molecular weight excluding hydrogens is 635 g/mol. The second-order valence-electron chi connectivity index (χ2n) is 12.8. The Morgan fingerprint density at radius 3 is 2.40 bits per heavy atom. The summed E-state index contributed by atoms with van der Waals surface area (Å²) < 4.78 is 16.8. The van der Waals surface area contributed by atoms with Crippen LogP contribution in [-0.4, -0.2) is 61.3 Å². The first-order valence-electron chi connectivity index (χ1n) is 15.9. The van der Waals surface area contributed by atoms with Gasteiger partial charge < -0.3 is 19.5 Å². The third-order valence-corrected chi connectivity index (χ3v) is 9.86. The summed E-state index contributed by atoms with van der Waals surface area (Å²) in [6.45, 7) is 7.15. The van der Waals surface area contributed by atoms with Gasteiger partial charge in [-0.2, -0.15) is 0 Å². The van der Waals surface area contributed by atoms with Crippen LogP contribution >= 0.6 is 23.2 Å². The second-order valence-corrected chi connectivity index (χ2v) is 13.6. The number of hydrogen-bond acceptors (Lipinski definition) is 8. The largest absolute Gasteiger partial charge is 0.496 e. The van der Waals surface area contributed by atoms with Crippen LogP contribution in [0.1, 0.15) is 37.8 Å². The van der Waals surface area contributed by atoms with Gasteiger partial charge in [-0.3, -0.25) is 14.7 Å². The van der Waals surface area contributed by atoms with E-state index in [2.05, 4.69) is 21.3 Å². The summed E-state index contributed by atoms with van der Waals surface area (Å²) in [5.74, 6) is 1.31. The monoisotopic (exact) mass is 674 g/mol. The van der Waals surface area contributed by atoms with Gasteiger partial charge >= 0.3 is 5.97 Å². The maximum Gasteiger partial charge on any atom is 0.309 e. The molecule has 2 aromatic heterocycles. The number of carbonyl (C=O) groups excluding carboxylic acids is 1. The quantitative estimate of drug-likeness (QED) is 0.162. The minimum atomic E-state index is -0.0662. The molecule has 10 heteroatoms. The van der Waals surface area contributed by atoms with Gasteiger partial charge in [0.2, 0.25) is 5.88 Å². The number of likely N-dealkylation sites (tertiary alicyclic amines) is 1. The minimum absolute atomic E-state index is 0.0359. The number of methoxy groups -OCH3 is 2. The van der Waals surface area contributed by atoms with Crippen LogP contribution in [0, 0.1) is 11.3 Å². The summed E-state index contributed by atoms with van der Waals surface area (Å²) in [6, 6.07) is 17.8. The smallest absolute Gasteiger partial charge is 0.309 e. The van der Waals surface area contributed by atoms with Crippen LogP contribution in [0.2, 0.25) is 10.0 Å². The molecule has 2 aromatic carbocycles. The van der Waals surface area contributed by atoms with Crippen molar-refractivity contribution in [2.24, 2.45) is 11.3 Å². The Hall–Kier alpha value is -3.69. The molecule has 0 atom stereocenters. The topological polar surface area (TPSA) is 85.8 Å². The average molecular weight is 676 g/mol. The number of halogens is 2. The molecule has 0 radical (unpaired) electrons. The normalized spacial score (nSPS) is 15.7. The molecule has 0 bridgehead atoms. The zero-order chi connectivity index (χ0) is 33.3. The summed E-state index contributed by atoms with van der Waals surface area (Å²) in [5, 5.41) is 4.17. The number of carbonyl (C=O) groups is 1. The Kier molecular flexibility index (Phi) is 9.76. The molecule has 0 amide bonds. The zero-order valence-corrected chi connectivity index (χ0v) is 28.9. The number of pyridine rings is 2. The van der Waals surface area contributed by atoms with Crippen LogP contribution < -0.4 is 14.8 Å². The van der Waals surface area contributed by atoms with Crippen LogP contribution in [0.25, 0.3) is 33.6 Å². The fourth-order valence-electron chi connectivity index (χ4n) is 6.93. The Morgan fingerprint density at radius 2 is 1.70 bits per heavy atom. The van der Waals surface area contributed by atoms with Gasteiger partial charge in [0.25, 0.3) is 0 Å². The number of nitrogens with zero attached hydrogens (tertiary/aromatic N) is 3. The molecule has 1 spiro atoms. The number of benzene rings is 2.